The molecule has 0 fully saturated rings. The fourth-order valence-corrected chi connectivity index (χ4v) is 6.33. The van der Waals surface area contributed by atoms with Crippen molar-refractivity contribution in [3.8, 4) is 0 Å². The molecule has 3 atom stereocenters. The van der Waals surface area contributed by atoms with Crippen molar-refractivity contribution in [2.75, 3.05) is 47.5 Å². The van der Waals surface area contributed by atoms with Gasteiger partial charge >= 0.3 is 11.9 Å². The number of unbranched alkanes of at least 4 members (excludes halogenated alkanes) is 15. The Hall–Kier alpha value is -2.33. The average Bonchev–Trinajstić information content (AvgIpc) is 3.15. The molecular formula is C46H82NO9P. The van der Waals surface area contributed by atoms with Crippen LogP contribution in [0.15, 0.2) is 60.8 Å². The van der Waals surface area contributed by atoms with E-state index < -0.39 is 38.6 Å². The number of aliphatic hydroxyl groups is 1. The highest BCUT2D eigenvalue weighted by Gasteiger charge is 2.21. The first-order valence-electron chi connectivity index (χ1n) is 22.1. The summed E-state index contributed by atoms with van der Waals surface area (Å²) >= 11 is 0. The molecule has 0 amide bonds. The molecule has 0 spiro atoms. The van der Waals surface area contributed by atoms with Crippen LogP contribution in [0.4, 0.5) is 0 Å². The van der Waals surface area contributed by atoms with E-state index in [2.05, 4.69) is 44.2 Å². The zero-order valence-corrected chi connectivity index (χ0v) is 37.5. The zero-order valence-electron chi connectivity index (χ0n) is 36.6. The Morgan fingerprint density at radius 1 is 0.667 bits per heavy atom. The van der Waals surface area contributed by atoms with Crippen molar-refractivity contribution < 1.29 is 47.2 Å². The van der Waals surface area contributed by atoms with Crippen molar-refractivity contribution in [1.29, 1.82) is 0 Å². The highest BCUT2D eigenvalue weighted by atomic mass is 31.2. The van der Waals surface area contributed by atoms with Crippen LogP contribution in [0, 0.1) is 0 Å². The Bertz CT molecular complexity index is 1170. The van der Waals surface area contributed by atoms with Gasteiger partial charge in [0.2, 0.25) is 0 Å². The average molecular weight is 824 g/mol. The number of carbonyl (C=O) groups is 2. The number of quaternary nitrogens is 1. The molecule has 11 heteroatoms. The summed E-state index contributed by atoms with van der Waals surface area (Å²) in [5.41, 5.74) is 0. The van der Waals surface area contributed by atoms with Gasteiger partial charge in [-0.05, 0) is 70.6 Å². The Morgan fingerprint density at radius 2 is 1.23 bits per heavy atom. The molecule has 0 aliphatic rings. The molecule has 1 N–H and O–H groups in total. The molecule has 0 heterocycles. The molecule has 0 saturated carbocycles. The molecule has 0 aliphatic carbocycles. The summed E-state index contributed by atoms with van der Waals surface area (Å²) in [5, 5.41) is 9.89. The van der Waals surface area contributed by atoms with Gasteiger partial charge in [-0.1, -0.05) is 139 Å². The molecule has 0 saturated heterocycles. The van der Waals surface area contributed by atoms with Crippen LogP contribution in [0.25, 0.3) is 0 Å². The van der Waals surface area contributed by atoms with Crippen molar-refractivity contribution in [3.05, 3.63) is 60.8 Å². The summed E-state index contributed by atoms with van der Waals surface area (Å²) in [5.74, 6) is -0.902. The maximum absolute atomic E-state index is 12.7. The number of rotatable bonds is 39. The summed E-state index contributed by atoms with van der Waals surface area (Å²) in [7, 11) is 1.10. The Balaban J connectivity index is 4.44. The van der Waals surface area contributed by atoms with Crippen LogP contribution < -0.4 is 4.89 Å². The Kier molecular flexibility index (Phi) is 36.4. The molecule has 0 rings (SSSR count). The van der Waals surface area contributed by atoms with Gasteiger partial charge in [0, 0.05) is 12.8 Å². The van der Waals surface area contributed by atoms with E-state index in [0.717, 1.165) is 70.6 Å². The van der Waals surface area contributed by atoms with E-state index in [4.69, 9.17) is 18.5 Å². The van der Waals surface area contributed by atoms with E-state index >= 15 is 0 Å². The van der Waals surface area contributed by atoms with Gasteiger partial charge in [-0.2, -0.15) is 0 Å². The lowest BCUT2D eigenvalue weighted by molar-refractivity contribution is -0.870. The van der Waals surface area contributed by atoms with Crippen LogP contribution >= 0.6 is 7.82 Å². The minimum atomic E-state index is -4.65. The first-order chi connectivity index (χ1) is 27.4. The quantitative estimate of drug-likeness (QED) is 0.0161. The van der Waals surface area contributed by atoms with E-state index in [1.54, 1.807) is 6.08 Å². The molecule has 330 valence electrons. The number of allylic oxidation sites excluding steroid dienone is 8. The van der Waals surface area contributed by atoms with Crippen LogP contribution in [-0.2, 0) is 32.7 Å². The van der Waals surface area contributed by atoms with Gasteiger partial charge in [0.25, 0.3) is 7.82 Å². The highest BCUT2D eigenvalue weighted by molar-refractivity contribution is 7.45. The predicted molar refractivity (Wildman–Crippen MR) is 232 cm³/mol. The van der Waals surface area contributed by atoms with Gasteiger partial charge in [-0.15, -0.1) is 0 Å². The number of ether oxygens (including phenoxy) is 2. The second kappa shape index (κ2) is 37.9. The van der Waals surface area contributed by atoms with Gasteiger partial charge < -0.3 is 33.0 Å². The normalized spacial score (nSPS) is 14.7. The largest absolute Gasteiger partial charge is 0.756 e. The van der Waals surface area contributed by atoms with Crippen LogP contribution in [-0.4, -0.2) is 81.2 Å². The SMILES string of the molecule is CC/C=C/CC(O)/C=C/C=C/CCCCCCCC(=O)O[C@H](COC(=O)CCCCCCCCC/C=C\C/C=C\CCCCC)COP(=O)([O-])OCC[N+](C)(C)C. The van der Waals surface area contributed by atoms with E-state index in [-0.39, 0.29) is 26.1 Å². The van der Waals surface area contributed by atoms with Crippen LogP contribution in [0.5, 0.6) is 0 Å². The molecule has 0 aromatic rings. The van der Waals surface area contributed by atoms with E-state index in [1.165, 1.54) is 44.9 Å². The third-order valence-electron chi connectivity index (χ3n) is 9.10. The monoisotopic (exact) mass is 824 g/mol. The third kappa shape index (κ3) is 41.6. The highest BCUT2D eigenvalue weighted by Crippen LogP contribution is 2.38. The lowest BCUT2D eigenvalue weighted by Crippen LogP contribution is -2.37. The lowest BCUT2D eigenvalue weighted by Gasteiger charge is -2.28. The van der Waals surface area contributed by atoms with Gasteiger partial charge in [-0.25, -0.2) is 0 Å². The van der Waals surface area contributed by atoms with Crippen LogP contribution in [0.1, 0.15) is 162 Å². The number of hydrogen-bond acceptors (Lipinski definition) is 9. The number of carbonyl (C=O) groups excluding carboxylic acids is 2. The minimum Gasteiger partial charge on any atom is -0.756 e. The minimum absolute atomic E-state index is 0.0485. The summed E-state index contributed by atoms with van der Waals surface area (Å²) < 4.78 is 33.8. The van der Waals surface area contributed by atoms with Gasteiger partial charge in [0.15, 0.2) is 6.10 Å². The maximum Gasteiger partial charge on any atom is 0.306 e. The smallest absolute Gasteiger partial charge is 0.306 e. The fourth-order valence-electron chi connectivity index (χ4n) is 5.60. The second-order valence-electron chi connectivity index (χ2n) is 15.9. The molecule has 0 radical (unpaired) electrons. The van der Waals surface area contributed by atoms with Gasteiger partial charge in [0.05, 0.1) is 33.9 Å². The zero-order chi connectivity index (χ0) is 42.3. The Labute approximate surface area is 348 Å². The summed E-state index contributed by atoms with van der Waals surface area (Å²) in [6, 6.07) is 0. The number of esters is 2. The fraction of sp³-hybridized carbons (Fsp3) is 0.739. The third-order valence-corrected chi connectivity index (χ3v) is 10.1. The van der Waals surface area contributed by atoms with Crippen molar-refractivity contribution in [3.63, 3.8) is 0 Å². The molecule has 0 aromatic carbocycles. The molecule has 0 bridgehead atoms. The van der Waals surface area contributed by atoms with E-state index in [9.17, 15) is 24.2 Å². The Morgan fingerprint density at radius 3 is 1.82 bits per heavy atom. The first kappa shape index (κ1) is 54.7. The topological polar surface area (TPSA) is 131 Å². The predicted octanol–water partition coefficient (Wildman–Crippen LogP) is 10.8. The van der Waals surface area contributed by atoms with Crippen molar-refractivity contribution >= 4 is 19.8 Å². The molecule has 0 aromatic heterocycles. The van der Waals surface area contributed by atoms with Crippen molar-refractivity contribution in [2.45, 2.75) is 174 Å². The lowest BCUT2D eigenvalue weighted by atomic mass is 10.1. The first-order valence-corrected chi connectivity index (χ1v) is 23.6. The van der Waals surface area contributed by atoms with Crippen LogP contribution in [0.3, 0.4) is 0 Å². The summed E-state index contributed by atoms with van der Waals surface area (Å²) in [4.78, 5) is 37.5. The molecule has 2 unspecified atom stereocenters. The van der Waals surface area contributed by atoms with Crippen molar-refractivity contribution in [1.82, 2.24) is 0 Å². The number of aliphatic hydroxyl groups excluding tert-OH is 1. The number of nitrogens with zero attached hydrogens (tertiary/aromatic N) is 1. The second-order valence-corrected chi connectivity index (χ2v) is 17.3. The van der Waals surface area contributed by atoms with Gasteiger partial charge in [0.1, 0.15) is 19.8 Å². The standard InChI is InChI=1S/C46H82NO9P/c1-6-8-10-11-12-13-14-15-16-17-18-19-20-23-26-29-33-37-45(49)53-41-44(42-55-57(51,52)54-40-39-47(3,4)5)56-46(50)38-34-30-27-24-21-22-25-28-32-36-43(48)35-31-9-7-2/h9,12-13,15-16,25,28,31-32,36,43-44,48H,6-8,10-11,14,17-24,26-27,29-30,33-35,37-42H2,1-5H3/b13-12-,16-15-,28-25+,31-9+,36-32+/t43?,44-/m1/s1. The molecule has 10 nitrogen and oxygen atoms in total. The molecular weight excluding hydrogens is 741 g/mol. The number of hydrogen-bond donors (Lipinski definition) is 1. The van der Waals surface area contributed by atoms with Gasteiger partial charge in [-0.3, -0.25) is 14.2 Å². The maximum atomic E-state index is 12.7. The van der Waals surface area contributed by atoms with E-state index in [1.807, 2.05) is 45.4 Å². The summed E-state index contributed by atoms with van der Waals surface area (Å²) in [6.07, 6.45) is 41.4. The number of likely N-dealkylation sites (N-methyl/N-ethyl adjacent to an activating group) is 1. The van der Waals surface area contributed by atoms with Crippen LogP contribution in [0.2, 0.25) is 0 Å². The molecule has 57 heavy (non-hydrogen) atoms. The number of phosphoric ester groups is 1. The number of phosphoric acid groups is 1. The van der Waals surface area contributed by atoms with E-state index in [0.29, 0.717) is 30.3 Å². The summed E-state index contributed by atoms with van der Waals surface area (Å²) in [6.45, 7) is 3.92. The van der Waals surface area contributed by atoms with Crippen molar-refractivity contribution in [2.24, 2.45) is 0 Å². The molecule has 0 aliphatic heterocycles.